The zero-order chi connectivity index (χ0) is 15.5. The van der Waals surface area contributed by atoms with Crippen molar-refractivity contribution in [2.45, 2.75) is 25.8 Å². The number of hydrogen-bond acceptors (Lipinski definition) is 4. The van der Waals surface area contributed by atoms with Gasteiger partial charge in [0.1, 0.15) is 5.76 Å². The predicted octanol–water partition coefficient (Wildman–Crippen LogP) is 2.79. The number of carbonyl (C=O) groups is 1. The van der Waals surface area contributed by atoms with E-state index in [1.165, 1.54) is 0 Å². The molecule has 5 heteroatoms. The molecule has 0 spiro atoms. The van der Waals surface area contributed by atoms with Crippen LogP contribution in [-0.4, -0.2) is 5.91 Å². The lowest BCUT2D eigenvalue weighted by molar-refractivity contribution is 0.0995. The average Bonchev–Trinajstić information content (AvgIpc) is 2.97. The summed E-state index contributed by atoms with van der Waals surface area (Å²) >= 11 is 0. The van der Waals surface area contributed by atoms with E-state index in [1.54, 1.807) is 24.3 Å². The maximum atomic E-state index is 12.0. The van der Waals surface area contributed by atoms with Crippen LogP contribution in [-0.2, 0) is 12.0 Å². The van der Waals surface area contributed by atoms with Gasteiger partial charge in [-0.05, 0) is 43.7 Å². The van der Waals surface area contributed by atoms with Crippen LogP contribution < -0.4 is 11.1 Å². The van der Waals surface area contributed by atoms with Crippen molar-refractivity contribution >= 4 is 11.6 Å². The summed E-state index contributed by atoms with van der Waals surface area (Å²) in [5, 5.41) is 11.8. The van der Waals surface area contributed by atoms with Crippen LogP contribution in [0.3, 0.4) is 0 Å². The molecule has 0 atom stereocenters. The first-order valence-electron chi connectivity index (χ1n) is 6.58. The number of furan rings is 1. The fraction of sp³-hybridized carbons (Fsp3) is 0.250. The Balaban J connectivity index is 2.10. The number of amides is 1. The summed E-state index contributed by atoms with van der Waals surface area (Å²) in [7, 11) is 0. The number of nitrogens with one attached hydrogen (secondary N) is 1. The van der Waals surface area contributed by atoms with Crippen molar-refractivity contribution in [2.75, 3.05) is 5.32 Å². The molecule has 1 aromatic heterocycles. The number of carbonyl (C=O) groups excluding carboxylic acids is 1. The summed E-state index contributed by atoms with van der Waals surface area (Å²) in [5.74, 6) is 0.449. The van der Waals surface area contributed by atoms with Gasteiger partial charge in [-0.2, -0.15) is 5.26 Å². The molecule has 21 heavy (non-hydrogen) atoms. The van der Waals surface area contributed by atoms with Crippen molar-refractivity contribution in [1.29, 1.82) is 5.26 Å². The van der Waals surface area contributed by atoms with E-state index in [-0.39, 0.29) is 18.2 Å². The zero-order valence-corrected chi connectivity index (χ0v) is 12.0. The molecule has 0 unspecified atom stereocenters. The van der Waals surface area contributed by atoms with Gasteiger partial charge in [0.15, 0.2) is 5.76 Å². The third-order valence-corrected chi connectivity index (χ3v) is 3.23. The summed E-state index contributed by atoms with van der Waals surface area (Å²) in [6.07, 6.45) is 0. The molecule has 0 fully saturated rings. The van der Waals surface area contributed by atoms with E-state index >= 15 is 0 Å². The summed E-state index contributed by atoms with van der Waals surface area (Å²) in [5.41, 5.74) is 6.42. The molecular weight excluding hydrogens is 266 g/mol. The molecule has 5 nitrogen and oxygen atoms in total. The number of benzene rings is 1. The number of nitrogens with zero attached hydrogens (tertiary/aromatic N) is 1. The van der Waals surface area contributed by atoms with E-state index in [2.05, 4.69) is 11.4 Å². The number of anilines is 1. The second kappa shape index (κ2) is 5.81. The highest BCUT2D eigenvalue weighted by Crippen LogP contribution is 2.23. The molecule has 0 aliphatic rings. The minimum Gasteiger partial charge on any atom is -0.455 e. The summed E-state index contributed by atoms with van der Waals surface area (Å²) in [6.45, 7) is 3.95. The Hall–Kier alpha value is -2.58. The van der Waals surface area contributed by atoms with Crippen LogP contribution in [0.2, 0.25) is 0 Å². The molecule has 0 saturated heterocycles. The Morgan fingerprint density at radius 1 is 1.29 bits per heavy atom. The van der Waals surface area contributed by atoms with E-state index in [1.807, 2.05) is 26.0 Å². The summed E-state index contributed by atoms with van der Waals surface area (Å²) in [4.78, 5) is 12.0. The van der Waals surface area contributed by atoms with Crippen LogP contribution in [0.15, 0.2) is 40.8 Å². The van der Waals surface area contributed by atoms with E-state index in [9.17, 15) is 4.79 Å². The minimum absolute atomic E-state index is 0.219. The highest BCUT2D eigenvalue weighted by atomic mass is 16.4. The van der Waals surface area contributed by atoms with Crippen molar-refractivity contribution < 1.29 is 9.21 Å². The second-order valence-corrected chi connectivity index (χ2v) is 5.24. The molecule has 1 amide bonds. The SMILES string of the molecule is CC(C)(C#N)c1ccc(NC(=O)c2ccc(CN)o2)cc1. The lowest BCUT2D eigenvalue weighted by Crippen LogP contribution is -2.14. The zero-order valence-electron chi connectivity index (χ0n) is 12.0. The van der Waals surface area contributed by atoms with E-state index in [0.29, 0.717) is 11.4 Å². The van der Waals surface area contributed by atoms with Crippen LogP contribution in [0.1, 0.15) is 35.7 Å². The maximum absolute atomic E-state index is 12.0. The summed E-state index contributed by atoms with van der Waals surface area (Å²) < 4.78 is 5.28. The van der Waals surface area contributed by atoms with Crippen LogP contribution in [0.4, 0.5) is 5.69 Å². The van der Waals surface area contributed by atoms with E-state index < -0.39 is 5.41 Å². The molecular formula is C16H17N3O2. The number of hydrogen-bond donors (Lipinski definition) is 2. The van der Waals surface area contributed by atoms with Crippen LogP contribution >= 0.6 is 0 Å². The third kappa shape index (κ3) is 3.30. The van der Waals surface area contributed by atoms with Gasteiger partial charge < -0.3 is 15.5 Å². The van der Waals surface area contributed by atoms with Crippen LogP contribution in [0.5, 0.6) is 0 Å². The van der Waals surface area contributed by atoms with Crippen LogP contribution in [0, 0.1) is 11.3 Å². The van der Waals surface area contributed by atoms with Gasteiger partial charge >= 0.3 is 0 Å². The quantitative estimate of drug-likeness (QED) is 0.902. The molecule has 0 saturated carbocycles. The smallest absolute Gasteiger partial charge is 0.291 e. The number of nitriles is 1. The first-order chi connectivity index (χ1) is 9.96. The van der Waals surface area contributed by atoms with Crippen molar-refractivity contribution in [1.82, 2.24) is 0 Å². The summed E-state index contributed by atoms with van der Waals surface area (Å²) in [6, 6.07) is 12.7. The minimum atomic E-state index is -0.556. The van der Waals surface area contributed by atoms with Gasteiger partial charge in [-0.15, -0.1) is 0 Å². The van der Waals surface area contributed by atoms with Crippen molar-refractivity contribution in [3.8, 4) is 6.07 Å². The lowest BCUT2D eigenvalue weighted by Gasteiger charge is -2.16. The van der Waals surface area contributed by atoms with Gasteiger partial charge in [-0.25, -0.2) is 0 Å². The fourth-order valence-electron chi connectivity index (χ4n) is 1.84. The highest BCUT2D eigenvalue weighted by Gasteiger charge is 2.19. The maximum Gasteiger partial charge on any atom is 0.291 e. The Bertz CT molecular complexity index is 678. The second-order valence-electron chi connectivity index (χ2n) is 5.24. The lowest BCUT2D eigenvalue weighted by atomic mass is 9.86. The number of rotatable bonds is 4. The molecule has 108 valence electrons. The van der Waals surface area contributed by atoms with Crippen molar-refractivity contribution in [2.24, 2.45) is 5.73 Å². The molecule has 0 aliphatic heterocycles. The molecule has 2 aromatic rings. The Labute approximate surface area is 123 Å². The largest absolute Gasteiger partial charge is 0.455 e. The molecule has 1 heterocycles. The van der Waals surface area contributed by atoms with Gasteiger partial charge in [-0.1, -0.05) is 12.1 Å². The fourth-order valence-corrected chi connectivity index (χ4v) is 1.84. The van der Waals surface area contributed by atoms with Crippen molar-refractivity contribution in [3.05, 3.63) is 53.5 Å². The Kier molecular flexibility index (Phi) is 4.10. The average molecular weight is 283 g/mol. The van der Waals surface area contributed by atoms with Gasteiger partial charge in [0.2, 0.25) is 0 Å². The number of nitrogens with two attached hydrogens (primary N) is 1. The van der Waals surface area contributed by atoms with E-state index in [4.69, 9.17) is 15.4 Å². The normalized spacial score (nSPS) is 11.0. The van der Waals surface area contributed by atoms with Gasteiger partial charge in [-0.3, -0.25) is 4.79 Å². The molecule has 0 bridgehead atoms. The molecule has 1 aromatic carbocycles. The standard InChI is InChI=1S/C16H17N3O2/c1-16(2,10-18)11-3-5-12(6-4-11)19-15(20)14-8-7-13(9-17)21-14/h3-8H,9,17H2,1-2H3,(H,19,20). The van der Waals surface area contributed by atoms with Gasteiger partial charge in [0, 0.05) is 5.69 Å². The van der Waals surface area contributed by atoms with Crippen LogP contribution in [0.25, 0.3) is 0 Å². The molecule has 0 aliphatic carbocycles. The topological polar surface area (TPSA) is 92.0 Å². The predicted molar refractivity (Wildman–Crippen MR) is 79.6 cm³/mol. The Morgan fingerprint density at radius 3 is 2.48 bits per heavy atom. The van der Waals surface area contributed by atoms with Gasteiger partial charge in [0.05, 0.1) is 18.0 Å². The Morgan fingerprint density at radius 2 is 1.95 bits per heavy atom. The first kappa shape index (κ1) is 14.8. The monoisotopic (exact) mass is 283 g/mol. The highest BCUT2D eigenvalue weighted by molar-refractivity contribution is 6.02. The third-order valence-electron chi connectivity index (χ3n) is 3.23. The van der Waals surface area contributed by atoms with Crippen molar-refractivity contribution in [3.63, 3.8) is 0 Å². The van der Waals surface area contributed by atoms with E-state index in [0.717, 1.165) is 5.56 Å². The first-order valence-corrected chi connectivity index (χ1v) is 6.58. The molecule has 0 radical (unpaired) electrons. The van der Waals surface area contributed by atoms with Gasteiger partial charge in [0.25, 0.3) is 5.91 Å². The molecule has 3 N–H and O–H groups in total. The molecule has 2 rings (SSSR count).